The predicted molar refractivity (Wildman–Crippen MR) is 98.3 cm³/mol. The standard InChI is InChI=1S/C21H24N2O/c1-17(21(24-3)19-12-8-5-9-13-19)23(2)20(16-22)15-14-18-10-6-4-7-11-18/h4-15,17,20-21H,1-3H3/b15-14+. The molecule has 124 valence electrons. The highest BCUT2D eigenvalue weighted by molar-refractivity contribution is 5.50. The van der Waals surface area contributed by atoms with Crippen molar-refractivity contribution in [2.45, 2.75) is 25.1 Å². The van der Waals surface area contributed by atoms with Gasteiger partial charge in [0.15, 0.2) is 0 Å². The summed E-state index contributed by atoms with van der Waals surface area (Å²) < 4.78 is 5.70. The summed E-state index contributed by atoms with van der Waals surface area (Å²) in [6.45, 7) is 2.09. The maximum absolute atomic E-state index is 9.56. The molecule has 3 heteroatoms. The number of hydrogen-bond donors (Lipinski definition) is 0. The molecular formula is C21H24N2O. The Balaban J connectivity index is 2.13. The van der Waals surface area contributed by atoms with Crippen molar-refractivity contribution in [1.82, 2.24) is 4.90 Å². The maximum atomic E-state index is 9.56. The van der Waals surface area contributed by atoms with Crippen LogP contribution < -0.4 is 0 Å². The zero-order valence-corrected chi connectivity index (χ0v) is 14.5. The van der Waals surface area contributed by atoms with Crippen LogP contribution in [0.5, 0.6) is 0 Å². The largest absolute Gasteiger partial charge is 0.375 e. The fourth-order valence-electron chi connectivity index (χ4n) is 2.76. The van der Waals surface area contributed by atoms with Crippen LogP contribution in [0.2, 0.25) is 0 Å². The van der Waals surface area contributed by atoms with E-state index in [1.165, 1.54) is 0 Å². The van der Waals surface area contributed by atoms with Gasteiger partial charge in [0.1, 0.15) is 6.04 Å². The number of hydrogen-bond acceptors (Lipinski definition) is 3. The third-order valence-electron chi connectivity index (χ3n) is 4.30. The van der Waals surface area contributed by atoms with Crippen LogP contribution in [0.1, 0.15) is 24.2 Å². The molecule has 0 amide bonds. The van der Waals surface area contributed by atoms with Crippen molar-refractivity contribution >= 4 is 6.08 Å². The van der Waals surface area contributed by atoms with E-state index in [0.717, 1.165) is 11.1 Å². The minimum atomic E-state index is -0.318. The first-order valence-corrected chi connectivity index (χ1v) is 8.10. The highest BCUT2D eigenvalue weighted by Gasteiger charge is 2.26. The number of benzene rings is 2. The Hall–Kier alpha value is -2.41. The molecule has 0 aliphatic rings. The second-order valence-electron chi connectivity index (χ2n) is 5.82. The number of nitrogens with zero attached hydrogens (tertiary/aromatic N) is 2. The number of nitriles is 1. The van der Waals surface area contributed by atoms with Gasteiger partial charge in [-0.15, -0.1) is 0 Å². The van der Waals surface area contributed by atoms with Crippen molar-refractivity contribution in [3.63, 3.8) is 0 Å². The summed E-state index contributed by atoms with van der Waals surface area (Å²) >= 11 is 0. The van der Waals surface area contributed by atoms with Gasteiger partial charge < -0.3 is 4.74 Å². The maximum Gasteiger partial charge on any atom is 0.117 e. The van der Waals surface area contributed by atoms with Gasteiger partial charge >= 0.3 is 0 Å². The highest BCUT2D eigenvalue weighted by Crippen LogP contribution is 2.25. The molecule has 2 aromatic rings. The van der Waals surface area contributed by atoms with Crippen molar-refractivity contribution in [2.75, 3.05) is 14.2 Å². The number of likely N-dealkylation sites (N-methyl/N-ethyl adjacent to an activating group) is 1. The molecule has 3 unspecified atom stereocenters. The Kier molecular flexibility index (Phi) is 6.74. The summed E-state index contributed by atoms with van der Waals surface area (Å²) in [5, 5.41) is 9.56. The molecular weight excluding hydrogens is 296 g/mol. The van der Waals surface area contributed by atoms with E-state index in [9.17, 15) is 5.26 Å². The molecule has 0 saturated carbocycles. The van der Waals surface area contributed by atoms with E-state index in [2.05, 4.69) is 25.1 Å². The second kappa shape index (κ2) is 9.02. The Morgan fingerprint density at radius 2 is 1.62 bits per heavy atom. The minimum Gasteiger partial charge on any atom is -0.375 e. The van der Waals surface area contributed by atoms with Crippen molar-refractivity contribution in [3.8, 4) is 6.07 Å². The summed E-state index contributed by atoms with van der Waals surface area (Å²) in [6.07, 6.45) is 3.84. The molecule has 0 spiro atoms. The first kappa shape index (κ1) is 17.9. The molecule has 0 aliphatic carbocycles. The van der Waals surface area contributed by atoms with Crippen LogP contribution in [0.4, 0.5) is 0 Å². The lowest BCUT2D eigenvalue weighted by atomic mass is 10.0. The molecule has 0 heterocycles. The molecule has 0 aromatic heterocycles. The van der Waals surface area contributed by atoms with E-state index in [-0.39, 0.29) is 18.2 Å². The monoisotopic (exact) mass is 320 g/mol. The van der Waals surface area contributed by atoms with E-state index >= 15 is 0 Å². The Bertz CT molecular complexity index is 676. The molecule has 0 saturated heterocycles. The lowest BCUT2D eigenvalue weighted by molar-refractivity contribution is 0.0273. The van der Waals surface area contributed by atoms with Crippen LogP contribution in [0.15, 0.2) is 66.7 Å². The van der Waals surface area contributed by atoms with E-state index in [0.29, 0.717) is 0 Å². The van der Waals surface area contributed by atoms with Crippen LogP contribution in [0.3, 0.4) is 0 Å². The van der Waals surface area contributed by atoms with E-state index < -0.39 is 0 Å². The van der Waals surface area contributed by atoms with E-state index in [1.54, 1.807) is 7.11 Å². The summed E-state index contributed by atoms with van der Waals surface area (Å²) in [6, 6.07) is 22.2. The second-order valence-corrected chi connectivity index (χ2v) is 5.82. The van der Waals surface area contributed by atoms with Crippen molar-refractivity contribution < 1.29 is 4.74 Å². The van der Waals surface area contributed by atoms with Gasteiger partial charge in [-0.1, -0.05) is 72.8 Å². The average molecular weight is 320 g/mol. The van der Waals surface area contributed by atoms with Gasteiger partial charge in [-0.2, -0.15) is 5.26 Å². The zero-order valence-electron chi connectivity index (χ0n) is 14.5. The van der Waals surface area contributed by atoms with Crippen LogP contribution in [0.25, 0.3) is 6.08 Å². The Morgan fingerprint density at radius 1 is 1.04 bits per heavy atom. The van der Waals surface area contributed by atoms with E-state index in [1.807, 2.05) is 72.6 Å². The molecule has 3 atom stereocenters. The summed E-state index contributed by atoms with van der Waals surface area (Å²) in [5.41, 5.74) is 2.20. The van der Waals surface area contributed by atoms with Gasteiger partial charge in [0.05, 0.1) is 12.2 Å². The molecule has 0 bridgehead atoms. The predicted octanol–water partition coefficient (Wildman–Crippen LogP) is 4.30. The molecule has 0 N–H and O–H groups in total. The normalized spacial score (nSPS) is 15.1. The van der Waals surface area contributed by atoms with Crippen LogP contribution in [-0.4, -0.2) is 31.1 Å². The molecule has 3 nitrogen and oxygen atoms in total. The van der Waals surface area contributed by atoms with Gasteiger partial charge in [0.25, 0.3) is 0 Å². The molecule has 2 rings (SSSR count). The smallest absolute Gasteiger partial charge is 0.117 e. The van der Waals surface area contributed by atoms with Crippen molar-refractivity contribution in [3.05, 3.63) is 77.9 Å². The lowest BCUT2D eigenvalue weighted by Gasteiger charge is -2.33. The fraction of sp³-hybridized carbons (Fsp3) is 0.286. The minimum absolute atomic E-state index is 0.0578. The van der Waals surface area contributed by atoms with Gasteiger partial charge in [0.2, 0.25) is 0 Å². The molecule has 0 fully saturated rings. The summed E-state index contributed by atoms with van der Waals surface area (Å²) in [7, 11) is 3.67. The Labute approximate surface area is 144 Å². The first-order chi connectivity index (χ1) is 11.7. The van der Waals surface area contributed by atoms with Gasteiger partial charge in [-0.3, -0.25) is 4.90 Å². The third kappa shape index (κ3) is 4.55. The highest BCUT2D eigenvalue weighted by atomic mass is 16.5. The SMILES string of the molecule is COC(c1ccccc1)C(C)N(C)C(C#N)/C=C/c1ccccc1. The lowest BCUT2D eigenvalue weighted by Crippen LogP contribution is -2.40. The average Bonchev–Trinajstić information content (AvgIpc) is 2.64. The summed E-state index contributed by atoms with van der Waals surface area (Å²) in [4.78, 5) is 2.04. The first-order valence-electron chi connectivity index (χ1n) is 8.10. The number of rotatable bonds is 7. The van der Waals surface area contributed by atoms with Gasteiger partial charge in [-0.05, 0) is 25.1 Å². The van der Waals surface area contributed by atoms with Crippen LogP contribution in [-0.2, 0) is 4.74 Å². The Morgan fingerprint density at radius 3 is 2.17 bits per heavy atom. The number of ether oxygens (including phenoxy) is 1. The molecule has 2 aromatic carbocycles. The topological polar surface area (TPSA) is 36.3 Å². The van der Waals surface area contributed by atoms with E-state index in [4.69, 9.17) is 4.74 Å². The van der Waals surface area contributed by atoms with Crippen LogP contribution in [0, 0.1) is 11.3 Å². The van der Waals surface area contributed by atoms with Crippen LogP contribution >= 0.6 is 0 Å². The zero-order chi connectivity index (χ0) is 17.4. The summed E-state index contributed by atoms with van der Waals surface area (Å²) in [5.74, 6) is 0. The van der Waals surface area contributed by atoms with Crippen molar-refractivity contribution in [1.29, 1.82) is 5.26 Å². The molecule has 24 heavy (non-hydrogen) atoms. The fourth-order valence-corrected chi connectivity index (χ4v) is 2.76. The molecule has 0 radical (unpaired) electrons. The number of methoxy groups -OCH3 is 1. The van der Waals surface area contributed by atoms with Gasteiger partial charge in [-0.25, -0.2) is 0 Å². The molecule has 0 aliphatic heterocycles. The third-order valence-corrected chi connectivity index (χ3v) is 4.30. The van der Waals surface area contributed by atoms with Crippen molar-refractivity contribution in [2.24, 2.45) is 0 Å². The van der Waals surface area contributed by atoms with Gasteiger partial charge in [0, 0.05) is 13.2 Å². The quantitative estimate of drug-likeness (QED) is 0.763.